The van der Waals surface area contributed by atoms with Gasteiger partial charge in [0.2, 0.25) is 11.9 Å². The smallest absolute Gasteiger partial charge is 0.232 e. The van der Waals surface area contributed by atoms with Crippen molar-refractivity contribution >= 4 is 29.3 Å². The summed E-state index contributed by atoms with van der Waals surface area (Å²) in [5.74, 6) is 1.73. The van der Waals surface area contributed by atoms with E-state index in [1.807, 2.05) is 54.7 Å². The van der Waals surface area contributed by atoms with E-state index in [1.165, 1.54) is 0 Å². The van der Waals surface area contributed by atoms with Crippen LogP contribution in [-0.4, -0.2) is 37.2 Å². The lowest BCUT2D eigenvalue weighted by atomic mass is 10.1. The van der Waals surface area contributed by atoms with E-state index in [-0.39, 0.29) is 12.1 Å². The summed E-state index contributed by atoms with van der Waals surface area (Å²) >= 11 is 1.58. The summed E-state index contributed by atoms with van der Waals surface area (Å²) in [5.41, 5.74) is 9.05. The predicted octanol–water partition coefficient (Wildman–Crippen LogP) is 4.53. The van der Waals surface area contributed by atoms with Gasteiger partial charge in [-0.3, -0.25) is 0 Å². The van der Waals surface area contributed by atoms with Crippen LogP contribution < -0.4 is 11.1 Å². The molecule has 8 nitrogen and oxygen atoms in total. The van der Waals surface area contributed by atoms with Crippen LogP contribution in [0.25, 0.3) is 11.3 Å². The van der Waals surface area contributed by atoms with Gasteiger partial charge >= 0.3 is 0 Å². The normalized spacial score (nSPS) is 15.6. The molecule has 0 amide bonds. The molecule has 33 heavy (non-hydrogen) atoms. The van der Waals surface area contributed by atoms with E-state index >= 15 is 0 Å². The molecule has 0 radical (unpaired) electrons. The maximum absolute atomic E-state index is 5.95. The zero-order chi connectivity index (χ0) is 22.5. The van der Waals surface area contributed by atoms with Gasteiger partial charge in [0, 0.05) is 12.3 Å². The van der Waals surface area contributed by atoms with Crippen molar-refractivity contribution in [3.05, 3.63) is 72.7 Å². The van der Waals surface area contributed by atoms with Crippen LogP contribution in [-0.2, 0) is 17.0 Å². The second-order valence-electron chi connectivity index (χ2n) is 7.75. The average Bonchev–Trinajstić information content (AvgIpc) is 3.49. The first-order valence-electron chi connectivity index (χ1n) is 10.9. The molecule has 0 unspecified atom stereocenters. The number of hydrogen-bond acceptors (Lipinski definition) is 8. The molecule has 2 aromatic carbocycles. The van der Waals surface area contributed by atoms with Crippen LogP contribution in [0.2, 0.25) is 0 Å². The Labute approximate surface area is 196 Å². The van der Waals surface area contributed by atoms with Crippen molar-refractivity contribution in [1.29, 1.82) is 0 Å². The third-order valence-corrected chi connectivity index (χ3v) is 6.34. The summed E-state index contributed by atoms with van der Waals surface area (Å²) in [7, 11) is 0. The van der Waals surface area contributed by atoms with Crippen LogP contribution in [0.1, 0.15) is 18.7 Å². The molecule has 5 rings (SSSR count). The molecule has 9 heteroatoms. The third kappa shape index (κ3) is 5.32. The van der Waals surface area contributed by atoms with Crippen molar-refractivity contribution in [3.63, 3.8) is 0 Å². The average molecular weight is 460 g/mol. The number of benzene rings is 2. The highest BCUT2D eigenvalue weighted by molar-refractivity contribution is 7.98. The van der Waals surface area contributed by atoms with Gasteiger partial charge in [0.15, 0.2) is 5.16 Å². The first-order chi connectivity index (χ1) is 16.2. The number of nitrogen functional groups attached to an aromatic ring is 1. The SMILES string of the molecule is Nc1nc(CSc2ncc(-c3ccccc3)n2C[C@@H]2CCCO2)nc(Nc2ccccc2)n1. The van der Waals surface area contributed by atoms with E-state index in [9.17, 15) is 0 Å². The molecule has 0 bridgehead atoms. The molecule has 1 aliphatic rings. The first-order valence-corrected chi connectivity index (χ1v) is 11.9. The maximum atomic E-state index is 5.95. The predicted molar refractivity (Wildman–Crippen MR) is 130 cm³/mol. The number of hydrogen-bond donors (Lipinski definition) is 2. The van der Waals surface area contributed by atoms with E-state index in [0.717, 1.165) is 48.1 Å². The molecule has 1 atom stereocenters. The molecule has 1 aliphatic heterocycles. The monoisotopic (exact) mass is 459 g/mol. The lowest BCUT2D eigenvalue weighted by Crippen LogP contribution is -2.16. The number of nitrogens with one attached hydrogen (secondary N) is 1. The molecule has 2 aromatic heterocycles. The molecule has 4 aromatic rings. The Morgan fingerprint density at radius 2 is 1.82 bits per heavy atom. The number of imidazole rings is 1. The fourth-order valence-corrected chi connectivity index (χ4v) is 4.66. The van der Waals surface area contributed by atoms with E-state index in [0.29, 0.717) is 17.5 Å². The Kier molecular flexibility index (Phi) is 6.50. The van der Waals surface area contributed by atoms with Crippen molar-refractivity contribution in [3.8, 4) is 11.3 Å². The van der Waals surface area contributed by atoms with E-state index in [4.69, 9.17) is 15.5 Å². The highest BCUT2D eigenvalue weighted by atomic mass is 32.2. The van der Waals surface area contributed by atoms with Crippen LogP contribution in [0.3, 0.4) is 0 Å². The second kappa shape index (κ2) is 10.0. The molecular weight excluding hydrogens is 434 g/mol. The third-order valence-electron chi connectivity index (χ3n) is 5.36. The Bertz CT molecular complexity index is 1190. The van der Waals surface area contributed by atoms with Crippen molar-refractivity contribution in [2.45, 2.75) is 36.4 Å². The molecule has 0 aliphatic carbocycles. The minimum Gasteiger partial charge on any atom is -0.376 e. The molecular formula is C24H25N7OS. The summed E-state index contributed by atoms with van der Waals surface area (Å²) < 4.78 is 8.15. The Balaban J connectivity index is 1.36. The second-order valence-corrected chi connectivity index (χ2v) is 8.69. The zero-order valence-corrected chi connectivity index (χ0v) is 18.9. The van der Waals surface area contributed by atoms with Crippen molar-refractivity contribution in [2.75, 3.05) is 17.7 Å². The van der Waals surface area contributed by atoms with Gasteiger partial charge in [-0.15, -0.1) is 0 Å². The Morgan fingerprint density at radius 3 is 2.58 bits per heavy atom. The lowest BCUT2D eigenvalue weighted by molar-refractivity contribution is 0.0954. The number of nitrogens with two attached hydrogens (primary N) is 1. The molecule has 0 saturated carbocycles. The minimum absolute atomic E-state index is 0.187. The first kappa shape index (κ1) is 21.4. The van der Waals surface area contributed by atoms with Crippen LogP contribution >= 0.6 is 11.8 Å². The molecule has 0 spiro atoms. The number of anilines is 3. The summed E-state index contributed by atoms with van der Waals surface area (Å²) in [4.78, 5) is 17.8. The van der Waals surface area contributed by atoms with Crippen LogP contribution in [0.4, 0.5) is 17.6 Å². The lowest BCUT2D eigenvalue weighted by Gasteiger charge is -2.16. The number of nitrogens with zero attached hydrogens (tertiary/aromatic N) is 5. The fourth-order valence-electron chi connectivity index (χ4n) is 3.82. The number of ether oxygens (including phenoxy) is 1. The standard InChI is InChI=1S/C24H25N7OS/c25-22-28-21(29-23(30-22)27-18-10-5-2-6-11-18)16-33-24-26-14-20(17-8-3-1-4-9-17)31(24)15-19-12-7-13-32-19/h1-6,8-11,14,19H,7,12-13,15-16H2,(H3,25,27,28,29,30)/t19-/m0/s1. The van der Waals surface area contributed by atoms with E-state index in [2.05, 4.69) is 37.0 Å². The van der Waals surface area contributed by atoms with Crippen molar-refractivity contribution < 1.29 is 4.74 Å². The summed E-state index contributed by atoms with van der Waals surface area (Å²) in [6, 6.07) is 20.0. The van der Waals surface area contributed by atoms with Crippen molar-refractivity contribution in [1.82, 2.24) is 24.5 Å². The minimum atomic E-state index is 0.187. The highest BCUT2D eigenvalue weighted by Gasteiger charge is 2.21. The molecule has 168 valence electrons. The molecule has 3 heterocycles. The van der Waals surface area contributed by atoms with Gasteiger partial charge in [-0.2, -0.15) is 15.0 Å². The summed E-state index contributed by atoms with van der Waals surface area (Å²) in [5, 5.41) is 4.08. The van der Waals surface area contributed by atoms with Crippen LogP contribution in [0.5, 0.6) is 0 Å². The van der Waals surface area contributed by atoms with E-state index < -0.39 is 0 Å². The van der Waals surface area contributed by atoms with Gasteiger partial charge in [0.25, 0.3) is 0 Å². The largest absolute Gasteiger partial charge is 0.376 e. The van der Waals surface area contributed by atoms with Gasteiger partial charge in [0.05, 0.1) is 30.3 Å². The number of rotatable bonds is 8. The fraction of sp³-hybridized carbons (Fsp3) is 0.250. The van der Waals surface area contributed by atoms with E-state index in [1.54, 1.807) is 11.8 Å². The van der Waals surface area contributed by atoms with Crippen molar-refractivity contribution in [2.24, 2.45) is 0 Å². The van der Waals surface area contributed by atoms with Crippen LogP contribution in [0.15, 0.2) is 72.0 Å². The van der Waals surface area contributed by atoms with Gasteiger partial charge in [-0.25, -0.2) is 4.98 Å². The molecule has 1 saturated heterocycles. The summed E-state index contributed by atoms with van der Waals surface area (Å²) in [6.07, 6.45) is 4.30. The molecule has 1 fully saturated rings. The highest BCUT2D eigenvalue weighted by Crippen LogP contribution is 2.29. The van der Waals surface area contributed by atoms with Crippen LogP contribution in [0, 0.1) is 0 Å². The Hall–Kier alpha value is -3.43. The van der Waals surface area contributed by atoms with Gasteiger partial charge < -0.3 is 20.4 Å². The topological polar surface area (TPSA) is 104 Å². The molecule has 3 N–H and O–H groups in total. The number of thioether (sulfide) groups is 1. The Morgan fingerprint density at radius 1 is 1.03 bits per heavy atom. The quantitative estimate of drug-likeness (QED) is 0.370. The summed E-state index contributed by atoms with van der Waals surface area (Å²) in [6.45, 7) is 1.59. The zero-order valence-electron chi connectivity index (χ0n) is 18.1. The van der Waals surface area contributed by atoms with Gasteiger partial charge in [-0.05, 0) is 30.5 Å². The maximum Gasteiger partial charge on any atom is 0.232 e. The number of aromatic nitrogens is 5. The number of para-hydroxylation sites is 1. The van der Waals surface area contributed by atoms with Gasteiger partial charge in [-0.1, -0.05) is 60.3 Å². The van der Waals surface area contributed by atoms with Gasteiger partial charge in [0.1, 0.15) is 5.82 Å².